The highest BCUT2D eigenvalue weighted by atomic mass is 35.5. The third-order valence-electron chi connectivity index (χ3n) is 4.35. The molecule has 0 N–H and O–H groups in total. The lowest BCUT2D eigenvalue weighted by Crippen LogP contribution is -2.38. The number of hydrogen-bond donors (Lipinski definition) is 0. The van der Waals surface area contributed by atoms with Gasteiger partial charge in [-0.05, 0) is 23.3 Å². The molecular formula is C17H6Cl4F6N2O5. The number of hydrogen-bond acceptors (Lipinski definition) is 5. The summed E-state index contributed by atoms with van der Waals surface area (Å²) in [7, 11) is 0. The van der Waals surface area contributed by atoms with Crippen LogP contribution in [0.3, 0.4) is 0 Å². The predicted molar refractivity (Wildman–Crippen MR) is 109 cm³/mol. The quantitative estimate of drug-likeness (QED) is 0.200. The first-order valence-corrected chi connectivity index (χ1v) is 9.82. The van der Waals surface area contributed by atoms with Gasteiger partial charge in [-0.15, -0.1) is 0 Å². The van der Waals surface area contributed by atoms with Crippen molar-refractivity contribution in [2.45, 2.75) is 24.2 Å². The van der Waals surface area contributed by atoms with Gasteiger partial charge in [0, 0.05) is 12.1 Å². The second-order valence-electron chi connectivity index (χ2n) is 6.54. The third-order valence-corrected chi connectivity index (χ3v) is 5.93. The minimum absolute atomic E-state index is 0.162. The molecule has 2 aromatic rings. The molecule has 0 heterocycles. The Balaban J connectivity index is 2.82. The van der Waals surface area contributed by atoms with E-state index >= 15 is 0 Å². The molecule has 2 atom stereocenters. The van der Waals surface area contributed by atoms with Crippen molar-refractivity contribution in [3.8, 4) is 0 Å². The molecule has 0 fully saturated rings. The highest BCUT2D eigenvalue weighted by Gasteiger charge is 2.56. The van der Waals surface area contributed by atoms with Gasteiger partial charge in [-0.2, -0.15) is 26.3 Å². The Hall–Kier alpha value is -2.35. The van der Waals surface area contributed by atoms with E-state index in [1.807, 2.05) is 0 Å². The summed E-state index contributed by atoms with van der Waals surface area (Å²) < 4.78 is 83.1. The van der Waals surface area contributed by atoms with Crippen molar-refractivity contribution < 1.29 is 41.0 Å². The second-order valence-corrected chi connectivity index (χ2v) is 8.11. The van der Waals surface area contributed by atoms with E-state index in [1.165, 1.54) is 0 Å². The van der Waals surface area contributed by atoms with Gasteiger partial charge >= 0.3 is 12.4 Å². The fourth-order valence-electron chi connectivity index (χ4n) is 2.98. The van der Waals surface area contributed by atoms with Gasteiger partial charge in [0.15, 0.2) is 5.78 Å². The van der Waals surface area contributed by atoms with Gasteiger partial charge < -0.3 is 0 Å². The van der Waals surface area contributed by atoms with Crippen LogP contribution in [0, 0.1) is 20.2 Å². The second kappa shape index (κ2) is 9.72. The van der Waals surface area contributed by atoms with Crippen LogP contribution >= 0.6 is 46.4 Å². The number of rotatable bonds is 6. The summed E-state index contributed by atoms with van der Waals surface area (Å²) >= 11 is 22.3. The number of carbonyl (C=O) groups excluding carboxylic acids is 1. The van der Waals surface area contributed by atoms with E-state index in [1.54, 1.807) is 0 Å². The third kappa shape index (κ3) is 5.65. The fourth-order valence-corrected chi connectivity index (χ4v) is 3.79. The van der Waals surface area contributed by atoms with Gasteiger partial charge in [-0.25, -0.2) is 0 Å². The van der Waals surface area contributed by atoms with Gasteiger partial charge in [-0.1, -0.05) is 46.4 Å². The summed E-state index contributed by atoms with van der Waals surface area (Å²) in [6, 6.07) is 1.04. The number of ketones is 1. The molecule has 0 amide bonds. The molecular weight excluding hydrogens is 568 g/mol. The van der Waals surface area contributed by atoms with Gasteiger partial charge in [0.25, 0.3) is 11.4 Å². The van der Waals surface area contributed by atoms with Gasteiger partial charge in [0.1, 0.15) is 21.9 Å². The van der Waals surface area contributed by atoms with Crippen molar-refractivity contribution in [1.82, 2.24) is 0 Å². The Bertz CT molecular complexity index is 1100. The largest absolute Gasteiger partial charge is 0.402 e. The number of benzene rings is 2. The van der Waals surface area contributed by atoms with Crippen LogP contribution in [-0.4, -0.2) is 28.0 Å². The van der Waals surface area contributed by atoms with Gasteiger partial charge in [0.2, 0.25) is 0 Å². The monoisotopic (exact) mass is 572 g/mol. The first kappa shape index (κ1) is 27.9. The average Bonchev–Trinajstić information content (AvgIpc) is 2.64. The van der Waals surface area contributed by atoms with Gasteiger partial charge in [-0.3, -0.25) is 25.0 Å². The number of Topliss-reactive ketones (excluding diaryl/α,β-unsaturated/α-hetero) is 1. The summed E-state index contributed by atoms with van der Waals surface area (Å²) in [6.45, 7) is 0. The van der Waals surface area contributed by atoms with Crippen molar-refractivity contribution in [3.63, 3.8) is 0 Å². The lowest BCUT2D eigenvalue weighted by molar-refractivity contribution is -0.384. The van der Waals surface area contributed by atoms with Crippen LogP contribution in [0.25, 0.3) is 0 Å². The summed E-state index contributed by atoms with van der Waals surface area (Å²) in [5.74, 6) is -9.72. The van der Waals surface area contributed by atoms with Crippen LogP contribution in [-0.2, 0) is 4.79 Å². The number of halogens is 10. The van der Waals surface area contributed by atoms with Crippen LogP contribution in [0.15, 0.2) is 24.3 Å². The maximum absolute atomic E-state index is 13.8. The Morgan fingerprint density at radius 2 is 1.00 bits per heavy atom. The molecule has 2 aromatic carbocycles. The van der Waals surface area contributed by atoms with E-state index < -0.39 is 82.4 Å². The van der Waals surface area contributed by atoms with E-state index in [2.05, 4.69) is 0 Å². The van der Waals surface area contributed by atoms with Crippen molar-refractivity contribution in [2.24, 2.45) is 0 Å². The first-order valence-electron chi connectivity index (χ1n) is 8.31. The van der Waals surface area contributed by atoms with E-state index in [9.17, 15) is 51.4 Å². The Kier molecular flexibility index (Phi) is 7.97. The zero-order chi connectivity index (χ0) is 26.3. The van der Waals surface area contributed by atoms with Crippen LogP contribution < -0.4 is 0 Å². The summed E-state index contributed by atoms with van der Waals surface area (Å²) in [4.78, 5) is 32.4. The number of carbonyl (C=O) groups is 1. The molecule has 0 bridgehead atoms. The normalized spacial score (nSPS) is 13.9. The van der Waals surface area contributed by atoms with E-state index in [0.29, 0.717) is 12.1 Å². The number of nitro groups is 2. The maximum Gasteiger partial charge on any atom is 0.402 e. The zero-order valence-corrected chi connectivity index (χ0v) is 18.7. The molecule has 2 unspecified atom stereocenters. The van der Waals surface area contributed by atoms with E-state index in [4.69, 9.17) is 46.4 Å². The van der Waals surface area contributed by atoms with Crippen molar-refractivity contribution in [1.29, 1.82) is 0 Å². The molecule has 0 radical (unpaired) electrons. The van der Waals surface area contributed by atoms with Crippen molar-refractivity contribution >= 4 is 63.6 Å². The zero-order valence-electron chi connectivity index (χ0n) is 15.7. The standard InChI is InChI=1S/C17H6Cl4F6N2O5/c18-7-1-5(3-9(13(7)20)28(31)32)11(16(22,23)24)15(30)12(17(25,26)27)6-2-8(19)14(21)10(4-6)29(33)34/h1-4,11-12H. The van der Waals surface area contributed by atoms with Crippen LogP contribution in [0.1, 0.15) is 23.0 Å². The Morgan fingerprint density at radius 3 is 1.24 bits per heavy atom. The molecule has 184 valence electrons. The molecule has 2 rings (SSSR count). The molecule has 0 saturated heterocycles. The minimum atomic E-state index is -5.70. The number of nitrogens with zero attached hydrogens (tertiary/aromatic N) is 2. The summed E-state index contributed by atoms with van der Waals surface area (Å²) in [5.41, 5.74) is -5.00. The highest BCUT2D eigenvalue weighted by molar-refractivity contribution is 6.44. The van der Waals surface area contributed by atoms with Gasteiger partial charge in [0.05, 0.1) is 19.9 Å². The van der Waals surface area contributed by atoms with Crippen LogP contribution in [0.4, 0.5) is 37.7 Å². The molecule has 0 aliphatic rings. The summed E-state index contributed by atoms with van der Waals surface area (Å²) in [5, 5.41) is 18.9. The molecule has 0 saturated carbocycles. The average molecular weight is 574 g/mol. The smallest absolute Gasteiger partial charge is 0.298 e. The molecule has 17 heteroatoms. The molecule has 0 spiro atoms. The van der Waals surface area contributed by atoms with E-state index in [0.717, 1.165) is 0 Å². The summed E-state index contributed by atoms with van der Waals surface area (Å²) in [6.07, 6.45) is -11.4. The highest BCUT2D eigenvalue weighted by Crippen LogP contribution is 2.48. The Labute approximate surface area is 204 Å². The molecule has 0 aliphatic heterocycles. The Morgan fingerprint density at radius 1 is 0.706 bits per heavy atom. The lowest BCUT2D eigenvalue weighted by Gasteiger charge is -2.27. The number of nitro benzene ring substituents is 2. The van der Waals surface area contributed by atoms with Crippen molar-refractivity contribution in [3.05, 3.63) is 75.7 Å². The SMILES string of the molecule is O=C(C(c1cc(Cl)c(Cl)c([N+](=O)[O-])c1)C(F)(F)F)C(c1cc(Cl)c(Cl)c([N+](=O)[O-])c1)C(F)(F)F. The van der Waals surface area contributed by atoms with Crippen LogP contribution in [0.5, 0.6) is 0 Å². The molecule has 34 heavy (non-hydrogen) atoms. The predicted octanol–water partition coefficient (Wildman–Crippen LogP) is 7.68. The van der Waals surface area contributed by atoms with E-state index in [-0.39, 0.29) is 12.1 Å². The topological polar surface area (TPSA) is 103 Å². The molecule has 0 aliphatic carbocycles. The fraction of sp³-hybridized carbons (Fsp3) is 0.235. The first-order chi connectivity index (χ1) is 15.4. The van der Waals surface area contributed by atoms with Crippen LogP contribution in [0.2, 0.25) is 20.1 Å². The minimum Gasteiger partial charge on any atom is -0.298 e. The molecule has 7 nitrogen and oxygen atoms in total. The maximum atomic E-state index is 13.8. The molecule has 0 aromatic heterocycles. The number of alkyl halides is 6. The van der Waals surface area contributed by atoms with Crippen molar-refractivity contribution in [2.75, 3.05) is 0 Å². The lowest BCUT2D eigenvalue weighted by atomic mass is 9.82.